The van der Waals surface area contributed by atoms with Crippen molar-refractivity contribution in [3.8, 4) is 17.2 Å². The Kier molecular flexibility index (Phi) is 5.86. The van der Waals surface area contributed by atoms with Crippen LogP contribution in [-0.4, -0.2) is 38.7 Å². The number of nitrogens with zero attached hydrogens (tertiary/aromatic N) is 1. The molecule has 0 saturated heterocycles. The van der Waals surface area contributed by atoms with Gasteiger partial charge in [0.15, 0.2) is 11.5 Å². The van der Waals surface area contributed by atoms with Crippen molar-refractivity contribution in [1.82, 2.24) is 10.2 Å². The number of fused-ring (bicyclic) bond motifs is 3. The Morgan fingerprint density at radius 1 is 1.03 bits per heavy atom. The fourth-order valence-corrected chi connectivity index (χ4v) is 5.90. The van der Waals surface area contributed by atoms with Crippen molar-refractivity contribution in [2.45, 2.75) is 25.7 Å². The highest BCUT2D eigenvalue weighted by molar-refractivity contribution is 7.16. The first-order valence-corrected chi connectivity index (χ1v) is 11.7. The second-order valence-corrected chi connectivity index (χ2v) is 9.27. The zero-order valence-corrected chi connectivity index (χ0v) is 19.8. The molecule has 8 heteroatoms. The number of methoxy groups -OCH3 is 3. The molecule has 2 aromatic carbocycles. The second-order valence-electron chi connectivity index (χ2n) is 8.16. The van der Waals surface area contributed by atoms with Gasteiger partial charge in [-0.1, -0.05) is 30.3 Å². The summed E-state index contributed by atoms with van der Waals surface area (Å²) in [4.78, 5) is 16.9. The summed E-state index contributed by atoms with van der Waals surface area (Å²) in [6, 6.07) is 14.2. The van der Waals surface area contributed by atoms with E-state index in [1.165, 1.54) is 16.0 Å². The third-order valence-electron chi connectivity index (χ3n) is 6.18. The Hall–Kier alpha value is -3.23. The lowest BCUT2D eigenvalue weighted by atomic mass is 9.99. The summed E-state index contributed by atoms with van der Waals surface area (Å²) >= 11 is 1.68. The van der Waals surface area contributed by atoms with Crippen LogP contribution in [0.1, 0.15) is 38.1 Å². The first-order chi connectivity index (χ1) is 16.1. The Bertz CT molecular complexity index is 1150. The molecule has 1 atom stereocenters. The number of amides is 1. The van der Waals surface area contributed by atoms with Gasteiger partial charge < -0.3 is 24.8 Å². The van der Waals surface area contributed by atoms with Crippen LogP contribution in [-0.2, 0) is 19.5 Å². The molecule has 0 fully saturated rings. The molecule has 2 aliphatic heterocycles. The van der Waals surface area contributed by atoms with E-state index in [4.69, 9.17) is 14.2 Å². The highest BCUT2D eigenvalue weighted by Crippen LogP contribution is 2.44. The van der Waals surface area contributed by atoms with Gasteiger partial charge in [0, 0.05) is 30.1 Å². The van der Waals surface area contributed by atoms with Gasteiger partial charge in [-0.3, -0.25) is 9.69 Å². The van der Waals surface area contributed by atoms with E-state index in [-0.39, 0.29) is 12.1 Å². The van der Waals surface area contributed by atoms with Crippen LogP contribution < -0.4 is 24.8 Å². The van der Waals surface area contributed by atoms with E-state index in [9.17, 15) is 4.79 Å². The minimum Gasteiger partial charge on any atom is -0.493 e. The van der Waals surface area contributed by atoms with Crippen LogP contribution >= 0.6 is 11.3 Å². The number of carbonyl (C=O) groups is 1. The molecule has 0 aliphatic carbocycles. The second kappa shape index (κ2) is 8.96. The summed E-state index contributed by atoms with van der Waals surface area (Å²) in [6.45, 7) is 2.71. The van der Waals surface area contributed by atoms with Crippen LogP contribution in [0.3, 0.4) is 0 Å². The molecule has 172 valence electrons. The molecule has 0 unspecified atom stereocenters. The van der Waals surface area contributed by atoms with Gasteiger partial charge in [0.2, 0.25) is 5.75 Å². The first kappa shape index (κ1) is 21.6. The van der Waals surface area contributed by atoms with Crippen molar-refractivity contribution < 1.29 is 19.0 Å². The van der Waals surface area contributed by atoms with E-state index < -0.39 is 0 Å². The number of ether oxygens (including phenoxy) is 3. The lowest BCUT2D eigenvalue weighted by Gasteiger charge is -2.29. The zero-order chi connectivity index (χ0) is 22.9. The first-order valence-electron chi connectivity index (χ1n) is 10.9. The highest BCUT2D eigenvalue weighted by Gasteiger charge is 2.34. The van der Waals surface area contributed by atoms with Crippen molar-refractivity contribution in [2.24, 2.45) is 0 Å². The topological polar surface area (TPSA) is 72.1 Å². The molecule has 3 heterocycles. The van der Waals surface area contributed by atoms with Crippen molar-refractivity contribution in [3.05, 3.63) is 69.6 Å². The van der Waals surface area contributed by atoms with Gasteiger partial charge in [0.05, 0.1) is 26.9 Å². The molecule has 0 radical (unpaired) electrons. The van der Waals surface area contributed by atoms with Gasteiger partial charge in [-0.05, 0) is 29.7 Å². The maximum absolute atomic E-state index is 13.2. The third-order valence-corrected chi connectivity index (χ3v) is 7.33. The van der Waals surface area contributed by atoms with Gasteiger partial charge in [0.1, 0.15) is 11.2 Å². The summed E-state index contributed by atoms with van der Waals surface area (Å²) in [5.41, 5.74) is 4.10. The minimum absolute atomic E-state index is 0.0449. The van der Waals surface area contributed by atoms with E-state index in [1.54, 1.807) is 32.7 Å². The number of rotatable bonds is 6. The summed E-state index contributed by atoms with van der Waals surface area (Å²) in [7, 11) is 4.74. The average molecular weight is 466 g/mol. The van der Waals surface area contributed by atoms with Crippen molar-refractivity contribution in [2.75, 3.05) is 33.2 Å². The largest absolute Gasteiger partial charge is 0.493 e. The van der Waals surface area contributed by atoms with Gasteiger partial charge in [-0.25, -0.2) is 0 Å². The zero-order valence-electron chi connectivity index (χ0n) is 18.9. The molecule has 2 N–H and O–H groups in total. The summed E-state index contributed by atoms with van der Waals surface area (Å²) in [5.74, 6) is 1.58. The number of hydrogen-bond donors (Lipinski definition) is 2. The predicted octanol–water partition coefficient (Wildman–Crippen LogP) is 4.19. The molecule has 2 aliphatic rings. The molecule has 0 spiro atoms. The van der Waals surface area contributed by atoms with E-state index in [1.807, 2.05) is 18.2 Å². The molecule has 3 aromatic rings. The van der Waals surface area contributed by atoms with Crippen LogP contribution in [0.2, 0.25) is 0 Å². The van der Waals surface area contributed by atoms with E-state index in [0.29, 0.717) is 17.2 Å². The number of nitrogens with one attached hydrogen (secondary N) is 2. The average Bonchev–Trinajstić information content (AvgIpc) is 3.21. The lowest BCUT2D eigenvalue weighted by Crippen LogP contribution is -2.38. The van der Waals surface area contributed by atoms with Gasteiger partial charge >= 0.3 is 0 Å². The van der Waals surface area contributed by atoms with E-state index in [2.05, 4.69) is 39.8 Å². The Labute approximate surface area is 197 Å². The number of anilines is 1. The maximum Gasteiger partial charge on any atom is 0.256 e. The number of carbonyl (C=O) groups excluding carboxylic acids is 1. The van der Waals surface area contributed by atoms with E-state index in [0.717, 1.165) is 42.2 Å². The van der Waals surface area contributed by atoms with Crippen LogP contribution in [0.5, 0.6) is 17.2 Å². The molecule has 5 rings (SSSR count). The standard InChI is InChI=1S/C25H27N3O4S/c1-30-18-11-16(12-19(31-2)22(18)32-3)23-26-24(29)21-17-9-10-28(13-15-7-5-4-6-8-15)14-20(17)33-25(21)27-23/h4-8,11-12,23,27H,9-10,13-14H2,1-3H3,(H,26,29)/t23-/m1/s1. The predicted molar refractivity (Wildman–Crippen MR) is 129 cm³/mol. The molecule has 33 heavy (non-hydrogen) atoms. The Morgan fingerprint density at radius 3 is 2.42 bits per heavy atom. The minimum atomic E-state index is -0.390. The smallest absolute Gasteiger partial charge is 0.256 e. The number of benzene rings is 2. The summed E-state index contributed by atoms with van der Waals surface area (Å²) in [6.07, 6.45) is 0.483. The quantitative estimate of drug-likeness (QED) is 0.569. The third kappa shape index (κ3) is 4.00. The maximum atomic E-state index is 13.2. The Morgan fingerprint density at radius 2 is 1.76 bits per heavy atom. The number of hydrogen-bond acceptors (Lipinski definition) is 7. The molecule has 0 saturated carbocycles. The molecular weight excluding hydrogens is 438 g/mol. The number of thiophene rings is 1. The molecule has 7 nitrogen and oxygen atoms in total. The SMILES string of the molecule is COc1cc([C@@H]2NC(=O)c3c(sc4c3CCN(Cc3ccccc3)C4)N2)cc(OC)c1OC. The fraction of sp³-hybridized carbons (Fsp3) is 0.320. The Balaban J connectivity index is 1.40. The monoisotopic (exact) mass is 465 g/mol. The van der Waals surface area contributed by atoms with Gasteiger partial charge in [0.25, 0.3) is 5.91 Å². The molecule has 1 amide bonds. The van der Waals surface area contributed by atoms with Crippen molar-refractivity contribution in [1.29, 1.82) is 0 Å². The molecule has 1 aromatic heterocycles. The van der Waals surface area contributed by atoms with Crippen LogP contribution in [0.15, 0.2) is 42.5 Å². The van der Waals surface area contributed by atoms with Crippen LogP contribution in [0.25, 0.3) is 0 Å². The van der Waals surface area contributed by atoms with Crippen molar-refractivity contribution >= 4 is 22.2 Å². The normalized spacial score (nSPS) is 17.4. The van der Waals surface area contributed by atoms with Crippen LogP contribution in [0.4, 0.5) is 5.00 Å². The summed E-state index contributed by atoms with van der Waals surface area (Å²) in [5, 5.41) is 7.55. The molecule has 0 bridgehead atoms. The summed E-state index contributed by atoms with van der Waals surface area (Å²) < 4.78 is 16.4. The van der Waals surface area contributed by atoms with Crippen molar-refractivity contribution in [3.63, 3.8) is 0 Å². The van der Waals surface area contributed by atoms with Crippen LogP contribution in [0, 0.1) is 0 Å². The van der Waals surface area contributed by atoms with E-state index >= 15 is 0 Å². The lowest BCUT2D eigenvalue weighted by molar-refractivity contribution is 0.0934. The fourth-order valence-electron chi connectivity index (χ4n) is 4.58. The van der Waals surface area contributed by atoms with Gasteiger partial charge in [-0.2, -0.15) is 0 Å². The molecular formula is C25H27N3O4S. The van der Waals surface area contributed by atoms with Gasteiger partial charge in [-0.15, -0.1) is 11.3 Å². The highest BCUT2D eigenvalue weighted by atomic mass is 32.1.